The summed E-state index contributed by atoms with van der Waals surface area (Å²) in [7, 11) is 0. The summed E-state index contributed by atoms with van der Waals surface area (Å²) in [4.78, 5) is 17.4. The van der Waals surface area contributed by atoms with Gasteiger partial charge in [-0.2, -0.15) is 0 Å². The number of carbonyl (C=O) groups excluding carboxylic acids is 1. The summed E-state index contributed by atoms with van der Waals surface area (Å²) in [6.45, 7) is 6.05. The van der Waals surface area contributed by atoms with E-state index in [4.69, 9.17) is 4.74 Å². The first-order valence-corrected chi connectivity index (χ1v) is 11.2. The average molecular weight is 406 g/mol. The number of ether oxygens (including phenoxy) is 1. The predicted molar refractivity (Wildman–Crippen MR) is 119 cm³/mol. The van der Waals surface area contributed by atoms with Gasteiger partial charge >= 0.3 is 0 Å². The first kappa shape index (κ1) is 19.6. The minimum Gasteiger partial charge on any atom is -0.378 e. The van der Waals surface area contributed by atoms with Gasteiger partial charge in [0.2, 0.25) is 5.91 Å². The molecule has 1 spiro atoms. The third kappa shape index (κ3) is 3.96. The first-order chi connectivity index (χ1) is 14.7. The van der Waals surface area contributed by atoms with Gasteiger partial charge in [-0.15, -0.1) is 0 Å². The molecule has 0 radical (unpaired) electrons. The second-order valence-electron chi connectivity index (χ2n) is 9.00. The Labute approximate surface area is 179 Å². The van der Waals surface area contributed by atoms with Crippen LogP contribution in [0.25, 0.3) is 0 Å². The highest BCUT2D eigenvalue weighted by Gasteiger charge is 2.49. The van der Waals surface area contributed by atoms with Gasteiger partial charge in [-0.3, -0.25) is 9.69 Å². The van der Waals surface area contributed by atoms with E-state index in [0.717, 1.165) is 19.6 Å². The number of rotatable bonds is 4. The normalized spacial score (nSPS) is 27.4. The molecule has 158 valence electrons. The van der Waals surface area contributed by atoms with Gasteiger partial charge in [-0.1, -0.05) is 42.5 Å². The third-order valence-electron chi connectivity index (χ3n) is 6.85. The van der Waals surface area contributed by atoms with Crippen LogP contribution in [0.5, 0.6) is 0 Å². The number of likely N-dealkylation sites (tertiary alicyclic amines) is 1. The Kier molecular flexibility index (Phi) is 5.48. The lowest BCUT2D eigenvalue weighted by atomic mass is 9.82. The minimum absolute atomic E-state index is 0.102. The standard InChI is InChI=1S/C25H31N3O2/c29-24-12-15-30-19-25(26-24)18-27(17-23(25)21-6-2-1-3-7-21)16-20-8-10-22(11-9-20)28-13-4-5-14-28/h1-3,6-11,23H,4-5,12-19H2,(H,26,29)/t23-,25-/m0/s1. The van der Waals surface area contributed by atoms with Crippen LogP contribution in [0, 0.1) is 0 Å². The highest BCUT2D eigenvalue weighted by molar-refractivity contribution is 5.77. The van der Waals surface area contributed by atoms with E-state index in [2.05, 4.69) is 63.6 Å². The Morgan fingerprint density at radius 1 is 1.03 bits per heavy atom. The smallest absolute Gasteiger partial charge is 0.222 e. The molecule has 0 aliphatic carbocycles. The molecular formula is C25H31N3O2. The molecule has 0 bridgehead atoms. The summed E-state index contributed by atoms with van der Waals surface area (Å²) >= 11 is 0. The van der Waals surface area contributed by atoms with Crippen molar-refractivity contribution in [3.63, 3.8) is 0 Å². The van der Waals surface area contributed by atoms with Crippen LogP contribution in [-0.2, 0) is 16.1 Å². The molecule has 3 aliphatic rings. The van der Waals surface area contributed by atoms with Crippen molar-refractivity contribution in [2.75, 3.05) is 44.3 Å². The molecule has 2 atom stereocenters. The largest absolute Gasteiger partial charge is 0.378 e. The molecule has 2 aromatic rings. The monoisotopic (exact) mass is 405 g/mol. The number of hydrogen-bond donors (Lipinski definition) is 1. The van der Waals surface area contributed by atoms with E-state index >= 15 is 0 Å². The zero-order chi connectivity index (χ0) is 20.4. The van der Waals surface area contributed by atoms with Crippen LogP contribution in [0.1, 0.15) is 36.3 Å². The van der Waals surface area contributed by atoms with Gasteiger partial charge in [0.05, 0.1) is 18.8 Å². The summed E-state index contributed by atoms with van der Waals surface area (Å²) in [5.74, 6) is 0.329. The van der Waals surface area contributed by atoms with Gasteiger partial charge in [-0.05, 0) is 36.1 Å². The van der Waals surface area contributed by atoms with Crippen LogP contribution < -0.4 is 10.2 Å². The third-order valence-corrected chi connectivity index (χ3v) is 6.85. The summed E-state index contributed by atoms with van der Waals surface area (Å²) in [5, 5.41) is 3.35. The van der Waals surface area contributed by atoms with Crippen LogP contribution >= 0.6 is 0 Å². The van der Waals surface area contributed by atoms with E-state index in [-0.39, 0.29) is 17.4 Å². The van der Waals surface area contributed by atoms with Gasteiger partial charge in [0.15, 0.2) is 0 Å². The molecular weight excluding hydrogens is 374 g/mol. The summed E-state index contributed by atoms with van der Waals surface area (Å²) in [6.07, 6.45) is 3.04. The van der Waals surface area contributed by atoms with Gasteiger partial charge in [0, 0.05) is 50.7 Å². The fourth-order valence-corrected chi connectivity index (χ4v) is 5.35. The number of hydrogen-bond acceptors (Lipinski definition) is 4. The van der Waals surface area contributed by atoms with Crippen molar-refractivity contribution in [1.82, 2.24) is 10.2 Å². The van der Waals surface area contributed by atoms with Crippen LogP contribution in [0.3, 0.4) is 0 Å². The maximum atomic E-state index is 12.4. The Morgan fingerprint density at radius 2 is 1.80 bits per heavy atom. The fraction of sp³-hybridized carbons (Fsp3) is 0.480. The van der Waals surface area contributed by atoms with E-state index in [0.29, 0.717) is 19.6 Å². The lowest BCUT2D eigenvalue weighted by Gasteiger charge is -2.34. The molecule has 1 N–H and O–H groups in total. The van der Waals surface area contributed by atoms with Crippen molar-refractivity contribution >= 4 is 11.6 Å². The van der Waals surface area contributed by atoms with Crippen molar-refractivity contribution in [1.29, 1.82) is 0 Å². The van der Waals surface area contributed by atoms with Crippen LogP contribution in [-0.4, -0.2) is 55.7 Å². The van der Waals surface area contributed by atoms with E-state index < -0.39 is 0 Å². The molecule has 3 heterocycles. The van der Waals surface area contributed by atoms with Gasteiger partial charge in [0.1, 0.15) is 0 Å². The predicted octanol–water partition coefficient (Wildman–Crippen LogP) is 3.16. The molecule has 30 heavy (non-hydrogen) atoms. The van der Waals surface area contributed by atoms with Crippen LogP contribution in [0.4, 0.5) is 5.69 Å². The van der Waals surface area contributed by atoms with E-state index in [1.807, 2.05) is 6.07 Å². The molecule has 1 amide bonds. The first-order valence-electron chi connectivity index (χ1n) is 11.2. The molecule has 0 aromatic heterocycles. The molecule has 3 aliphatic heterocycles. The molecule has 3 saturated heterocycles. The number of benzene rings is 2. The number of anilines is 1. The fourth-order valence-electron chi connectivity index (χ4n) is 5.35. The highest BCUT2D eigenvalue weighted by atomic mass is 16.5. The number of nitrogens with zero attached hydrogens (tertiary/aromatic N) is 2. The molecule has 5 rings (SSSR count). The van der Waals surface area contributed by atoms with Crippen LogP contribution in [0.2, 0.25) is 0 Å². The highest BCUT2D eigenvalue weighted by Crippen LogP contribution is 2.38. The Morgan fingerprint density at radius 3 is 2.57 bits per heavy atom. The molecule has 2 aromatic carbocycles. The number of carbonyl (C=O) groups is 1. The Hall–Kier alpha value is -2.37. The zero-order valence-corrected chi connectivity index (χ0v) is 17.6. The van der Waals surface area contributed by atoms with Gasteiger partial charge < -0.3 is 15.0 Å². The van der Waals surface area contributed by atoms with Crippen molar-refractivity contribution in [3.05, 3.63) is 65.7 Å². The number of amides is 1. The van der Waals surface area contributed by atoms with Crippen molar-refractivity contribution < 1.29 is 9.53 Å². The lowest BCUT2D eigenvalue weighted by molar-refractivity contribution is -0.122. The van der Waals surface area contributed by atoms with Crippen molar-refractivity contribution in [2.24, 2.45) is 0 Å². The van der Waals surface area contributed by atoms with Gasteiger partial charge in [0.25, 0.3) is 0 Å². The number of nitrogens with one attached hydrogen (secondary N) is 1. The van der Waals surface area contributed by atoms with E-state index in [9.17, 15) is 4.79 Å². The summed E-state index contributed by atoms with van der Waals surface area (Å²) < 4.78 is 5.91. The quantitative estimate of drug-likeness (QED) is 0.849. The Bertz CT molecular complexity index is 864. The Balaban J connectivity index is 1.35. The van der Waals surface area contributed by atoms with Crippen molar-refractivity contribution in [2.45, 2.75) is 37.3 Å². The molecule has 0 unspecified atom stereocenters. The van der Waals surface area contributed by atoms with Crippen molar-refractivity contribution in [3.8, 4) is 0 Å². The average Bonchev–Trinajstić information content (AvgIpc) is 3.37. The SMILES string of the molecule is O=C1CCOC[C@]2(CN(Cc3ccc(N4CCCC4)cc3)C[C@H]2c2ccccc2)N1. The van der Waals surface area contributed by atoms with Gasteiger partial charge in [-0.25, -0.2) is 0 Å². The second kappa shape index (κ2) is 8.40. The maximum absolute atomic E-state index is 12.4. The molecule has 3 fully saturated rings. The summed E-state index contributed by atoms with van der Waals surface area (Å²) in [6, 6.07) is 19.6. The second-order valence-corrected chi connectivity index (χ2v) is 9.00. The van der Waals surface area contributed by atoms with E-state index in [1.54, 1.807) is 0 Å². The molecule has 5 nitrogen and oxygen atoms in total. The maximum Gasteiger partial charge on any atom is 0.222 e. The minimum atomic E-state index is -0.357. The van der Waals surface area contributed by atoms with Crippen LogP contribution in [0.15, 0.2) is 54.6 Å². The molecule has 0 saturated carbocycles. The zero-order valence-electron chi connectivity index (χ0n) is 17.6. The molecule has 5 heteroatoms. The lowest BCUT2D eigenvalue weighted by Crippen LogP contribution is -2.55. The topological polar surface area (TPSA) is 44.8 Å². The van der Waals surface area contributed by atoms with E-state index in [1.165, 1.54) is 42.7 Å². The summed E-state index contributed by atoms with van der Waals surface area (Å²) in [5.41, 5.74) is 3.57.